The minimum atomic E-state index is -1.23. The second-order valence-corrected chi connectivity index (χ2v) is 4.21. The fourth-order valence-electron chi connectivity index (χ4n) is 2.00. The van der Waals surface area contributed by atoms with Crippen LogP contribution in [0.2, 0.25) is 0 Å². The topological polar surface area (TPSA) is 55.8 Å². The summed E-state index contributed by atoms with van der Waals surface area (Å²) in [5, 5.41) is 0. The number of benzene rings is 1. The van der Waals surface area contributed by atoms with Crippen molar-refractivity contribution in [1.29, 1.82) is 0 Å². The number of ether oxygens (including phenoxy) is 2. The van der Waals surface area contributed by atoms with Crippen LogP contribution in [0.4, 0.5) is 8.78 Å². The molecule has 1 atom stereocenters. The predicted molar refractivity (Wildman–Crippen MR) is 64.0 cm³/mol. The normalized spacial score (nSPS) is 18.8. The Morgan fingerprint density at radius 2 is 2.15 bits per heavy atom. The first kappa shape index (κ1) is 14.4. The van der Waals surface area contributed by atoms with Gasteiger partial charge in [-0.15, -0.1) is 0 Å². The number of nitrogens with zero attached hydrogens (tertiary/aromatic N) is 1. The van der Waals surface area contributed by atoms with Gasteiger partial charge in [0.25, 0.3) is 5.91 Å². The number of rotatable bonds is 2. The average Bonchev–Trinajstić information content (AvgIpc) is 2.48. The van der Waals surface area contributed by atoms with E-state index < -0.39 is 35.1 Å². The summed E-state index contributed by atoms with van der Waals surface area (Å²) in [5.41, 5.74) is -0.416. The molecule has 0 saturated carbocycles. The van der Waals surface area contributed by atoms with Gasteiger partial charge in [-0.1, -0.05) is 6.07 Å². The van der Waals surface area contributed by atoms with Crippen LogP contribution in [0, 0.1) is 11.6 Å². The molecular weight excluding hydrogens is 272 g/mol. The highest BCUT2D eigenvalue weighted by Gasteiger charge is 2.35. The van der Waals surface area contributed by atoms with Gasteiger partial charge in [0.05, 0.1) is 25.9 Å². The molecule has 1 fully saturated rings. The van der Waals surface area contributed by atoms with Crippen LogP contribution in [0.15, 0.2) is 18.2 Å². The van der Waals surface area contributed by atoms with Crippen molar-refractivity contribution in [2.45, 2.75) is 6.04 Å². The number of carbonyl (C=O) groups is 2. The molecule has 1 heterocycles. The van der Waals surface area contributed by atoms with E-state index in [2.05, 4.69) is 4.74 Å². The lowest BCUT2D eigenvalue weighted by atomic mass is 10.1. The van der Waals surface area contributed by atoms with Gasteiger partial charge in [-0.3, -0.25) is 4.79 Å². The molecular formula is C13H13F2NO4. The summed E-state index contributed by atoms with van der Waals surface area (Å²) in [4.78, 5) is 25.0. The summed E-state index contributed by atoms with van der Waals surface area (Å²) < 4.78 is 36.5. The number of halogens is 2. The third kappa shape index (κ3) is 2.62. The molecule has 1 aromatic rings. The Morgan fingerprint density at radius 1 is 1.40 bits per heavy atom. The monoisotopic (exact) mass is 285 g/mol. The lowest BCUT2D eigenvalue weighted by Gasteiger charge is -2.33. The zero-order valence-corrected chi connectivity index (χ0v) is 10.8. The Kier molecular flexibility index (Phi) is 4.29. The summed E-state index contributed by atoms with van der Waals surface area (Å²) in [6, 6.07) is 2.37. The van der Waals surface area contributed by atoms with E-state index in [0.717, 1.165) is 11.0 Å². The molecule has 20 heavy (non-hydrogen) atoms. The fraction of sp³-hybridized carbons (Fsp3) is 0.385. The van der Waals surface area contributed by atoms with E-state index in [9.17, 15) is 18.4 Å². The van der Waals surface area contributed by atoms with Crippen molar-refractivity contribution in [3.63, 3.8) is 0 Å². The van der Waals surface area contributed by atoms with E-state index in [1.54, 1.807) is 0 Å². The second kappa shape index (κ2) is 5.96. The highest BCUT2D eigenvalue weighted by molar-refractivity contribution is 5.97. The molecule has 5 nitrogen and oxygen atoms in total. The van der Waals surface area contributed by atoms with Crippen LogP contribution in [0.3, 0.4) is 0 Å². The van der Waals surface area contributed by atoms with E-state index in [-0.39, 0.29) is 19.8 Å². The molecule has 0 aromatic heterocycles. The molecule has 7 heteroatoms. The summed E-state index contributed by atoms with van der Waals surface area (Å²) >= 11 is 0. The number of hydrogen-bond donors (Lipinski definition) is 0. The highest BCUT2D eigenvalue weighted by Crippen LogP contribution is 2.17. The van der Waals surface area contributed by atoms with Gasteiger partial charge >= 0.3 is 5.97 Å². The standard InChI is InChI=1S/C13H13F2NO4/c1-19-13(18)10-7-20-6-5-16(10)12(17)8-3-2-4-9(14)11(8)15/h2-4,10H,5-7H2,1H3. The molecule has 0 aliphatic carbocycles. The third-order valence-electron chi connectivity index (χ3n) is 3.04. The number of hydrogen-bond acceptors (Lipinski definition) is 4. The van der Waals surface area contributed by atoms with Crippen molar-refractivity contribution in [1.82, 2.24) is 4.90 Å². The van der Waals surface area contributed by atoms with Gasteiger partial charge in [0.15, 0.2) is 17.7 Å². The van der Waals surface area contributed by atoms with Crippen molar-refractivity contribution < 1.29 is 27.8 Å². The third-order valence-corrected chi connectivity index (χ3v) is 3.04. The van der Waals surface area contributed by atoms with Gasteiger partial charge in [-0.05, 0) is 12.1 Å². The van der Waals surface area contributed by atoms with Crippen molar-refractivity contribution in [3.8, 4) is 0 Å². The van der Waals surface area contributed by atoms with E-state index in [1.165, 1.54) is 19.2 Å². The Morgan fingerprint density at radius 3 is 2.85 bits per heavy atom. The van der Waals surface area contributed by atoms with Gasteiger partial charge in [-0.25, -0.2) is 13.6 Å². The van der Waals surface area contributed by atoms with Crippen molar-refractivity contribution in [2.75, 3.05) is 26.9 Å². The first-order valence-corrected chi connectivity index (χ1v) is 5.96. The quantitative estimate of drug-likeness (QED) is 0.760. The first-order chi connectivity index (χ1) is 9.56. The summed E-state index contributed by atoms with van der Waals surface area (Å²) in [7, 11) is 1.18. The predicted octanol–water partition coefficient (Wildman–Crippen LogP) is 0.979. The number of amides is 1. The Labute approximate surface area is 114 Å². The van der Waals surface area contributed by atoms with Gasteiger partial charge in [0.1, 0.15) is 0 Å². The molecule has 1 aliphatic rings. The second-order valence-electron chi connectivity index (χ2n) is 4.21. The van der Waals surface area contributed by atoms with E-state index in [4.69, 9.17) is 4.74 Å². The van der Waals surface area contributed by atoms with Crippen molar-refractivity contribution >= 4 is 11.9 Å². The summed E-state index contributed by atoms with van der Waals surface area (Å²) in [5.74, 6) is -3.76. The van der Waals surface area contributed by atoms with Crippen LogP contribution in [0.5, 0.6) is 0 Å². The Balaban J connectivity index is 2.30. The molecule has 1 saturated heterocycles. The number of carbonyl (C=O) groups excluding carboxylic acids is 2. The molecule has 1 aromatic carbocycles. The maximum Gasteiger partial charge on any atom is 0.331 e. The number of morpholine rings is 1. The van der Waals surface area contributed by atoms with Crippen LogP contribution < -0.4 is 0 Å². The van der Waals surface area contributed by atoms with Gasteiger partial charge in [-0.2, -0.15) is 0 Å². The molecule has 1 aliphatic heterocycles. The Hall–Kier alpha value is -2.02. The number of methoxy groups -OCH3 is 1. The van der Waals surface area contributed by atoms with Crippen LogP contribution in [0.1, 0.15) is 10.4 Å². The molecule has 0 bridgehead atoms. The minimum Gasteiger partial charge on any atom is -0.467 e. The summed E-state index contributed by atoms with van der Waals surface area (Å²) in [6.07, 6.45) is 0. The Bertz CT molecular complexity index is 535. The lowest BCUT2D eigenvalue weighted by molar-refractivity contribution is -0.151. The van der Waals surface area contributed by atoms with Crippen LogP contribution in [-0.2, 0) is 14.3 Å². The molecule has 0 N–H and O–H groups in total. The van der Waals surface area contributed by atoms with Gasteiger partial charge in [0.2, 0.25) is 0 Å². The van der Waals surface area contributed by atoms with Crippen molar-refractivity contribution in [2.24, 2.45) is 0 Å². The fourth-order valence-corrected chi connectivity index (χ4v) is 2.00. The zero-order chi connectivity index (χ0) is 14.7. The molecule has 0 radical (unpaired) electrons. The zero-order valence-electron chi connectivity index (χ0n) is 10.8. The van der Waals surface area contributed by atoms with Crippen LogP contribution in [-0.4, -0.2) is 49.7 Å². The highest BCUT2D eigenvalue weighted by atomic mass is 19.2. The molecule has 2 rings (SSSR count). The van der Waals surface area contributed by atoms with Crippen molar-refractivity contribution in [3.05, 3.63) is 35.4 Å². The SMILES string of the molecule is COC(=O)C1COCCN1C(=O)c1cccc(F)c1F. The first-order valence-electron chi connectivity index (χ1n) is 5.96. The van der Waals surface area contributed by atoms with Gasteiger partial charge < -0.3 is 14.4 Å². The van der Waals surface area contributed by atoms with Crippen LogP contribution >= 0.6 is 0 Å². The smallest absolute Gasteiger partial charge is 0.331 e. The van der Waals surface area contributed by atoms with E-state index in [1.807, 2.05) is 0 Å². The molecule has 108 valence electrons. The maximum absolute atomic E-state index is 13.6. The van der Waals surface area contributed by atoms with Crippen LogP contribution in [0.25, 0.3) is 0 Å². The molecule has 0 spiro atoms. The van der Waals surface area contributed by atoms with E-state index in [0.29, 0.717) is 0 Å². The number of esters is 1. The largest absolute Gasteiger partial charge is 0.467 e. The molecule has 1 unspecified atom stereocenters. The lowest BCUT2D eigenvalue weighted by Crippen LogP contribution is -2.53. The average molecular weight is 285 g/mol. The summed E-state index contributed by atoms with van der Waals surface area (Å²) in [6.45, 7) is 0.292. The van der Waals surface area contributed by atoms with E-state index >= 15 is 0 Å². The van der Waals surface area contributed by atoms with Gasteiger partial charge in [0, 0.05) is 6.54 Å². The molecule has 1 amide bonds. The minimum absolute atomic E-state index is 0.0324. The maximum atomic E-state index is 13.6.